The fourth-order valence-electron chi connectivity index (χ4n) is 1.71. The average Bonchev–Trinajstić information content (AvgIpc) is 2.68. The molecule has 1 aromatic heterocycles. The fourth-order valence-corrected chi connectivity index (χ4v) is 1.71. The highest BCUT2D eigenvalue weighted by molar-refractivity contribution is 5.23. The van der Waals surface area contributed by atoms with Crippen molar-refractivity contribution in [3.05, 3.63) is 36.2 Å². The third-order valence-corrected chi connectivity index (χ3v) is 3.03. The zero-order valence-electron chi connectivity index (χ0n) is 10.9. The summed E-state index contributed by atoms with van der Waals surface area (Å²) in [5, 5.41) is 0. The minimum atomic E-state index is 0.0510. The molecule has 0 bridgehead atoms. The Hall–Kier alpha value is -1.02. The Balaban J connectivity index is 2.76. The number of nitrogens with two attached hydrogens (primary N) is 1. The Kier molecular flexibility index (Phi) is 3.98. The van der Waals surface area contributed by atoms with Crippen molar-refractivity contribution in [2.24, 2.45) is 11.1 Å². The SMILES string of the molecule is CC(C)(/C=C/C(C)(C)c1ccc[nH]1)CCN. The van der Waals surface area contributed by atoms with Crippen LogP contribution in [0.1, 0.15) is 39.8 Å². The Morgan fingerprint density at radius 2 is 1.94 bits per heavy atom. The summed E-state index contributed by atoms with van der Waals surface area (Å²) in [5.74, 6) is 0. The third kappa shape index (κ3) is 3.53. The van der Waals surface area contributed by atoms with E-state index in [9.17, 15) is 0 Å². The molecular formula is C14H24N2. The van der Waals surface area contributed by atoms with Crippen LogP contribution >= 0.6 is 0 Å². The highest BCUT2D eigenvalue weighted by atomic mass is 14.7. The summed E-state index contributed by atoms with van der Waals surface area (Å²) >= 11 is 0. The Labute approximate surface area is 98.9 Å². The van der Waals surface area contributed by atoms with Gasteiger partial charge in [0.25, 0.3) is 0 Å². The maximum Gasteiger partial charge on any atom is 0.0242 e. The number of rotatable bonds is 5. The molecule has 90 valence electrons. The van der Waals surface area contributed by atoms with Crippen LogP contribution in [0.25, 0.3) is 0 Å². The molecule has 0 spiro atoms. The molecule has 0 saturated heterocycles. The second-order valence-corrected chi connectivity index (χ2v) is 5.67. The first-order valence-electron chi connectivity index (χ1n) is 5.92. The van der Waals surface area contributed by atoms with Crippen LogP contribution in [0.3, 0.4) is 0 Å². The van der Waals surface area contributed by atoms with Gasteiger partial charge in [0.15, 0.2) is 0 Å². The molecule has 0 amide bonds. The van der Waals surface area contributed by atoms with Gasteiger partial charge in [-0.1, -0.05) is 39.8 Å². The molecule has 2 heteroatoms. The van der Waals surface area contributed by atoms with Crippen molar-refractivity contribution in [3.8, 4) is 0 Å². The molecule has 0 aliphatic rings. The van der Waals surface area contributed by atoms with E-state index in [1.807, 2.05) is 12.3 Å². The van der Waals surface area contributed by atoms with Gasteiger partial charge in [0, 0.05) is 17.3 Å². The van der Waals surface area contributed by atoms with E-state index in [1.165, 1.54) is 5.69 Å². The van der Waals surface area contributed by atoms with Crippen molar-refractivity contribution in [1.82, 2.24) is 4.98 Å². The van der Waals surface area contributed by atoms with Gasteiger partial charge in [-0.05, 0) is 30.5 Å². The summed E-state index contributed by atoms with van der Waals surface area (Å²) in [4.78, 5) is 3.27. The van der Waals surface area contributed by atoms with Crippen LogP contribution in [0, 0.1) is 5.41 Å². The lowest BCUT2D eigenvalue weighted by molar-refractivity contribution is 0.440. The predicted molar refractivity (Wildman–Crippen MR) is 70.4 cm³/mol. The molecule has 16 heavy (non-hydrogen) atoms. The topological polar surface area (TPSA) is 41.8 Å². The number of allylic oxidation sites excluding steroid dienone is 2. The number of nitrogens with one attached hydrogen (secondary N) is 1. The molecule has 0 radical (unpaired) electrons. The van der Waals surface area contributed by atoms with E-state index in [2.05, 4.69) is 50.9 Å². The molecule has 1 heterocycles. The van der Waals surface area contributed by atoms with Gasteiger partial charge in [0.2, 0.25) is 0 Å². The quantitative estimate of drug-likeness (QED) is 0.735. The Morgan fingerprint density at radius 3 is 2.44 bits per heavy atom. The summed E-state index contributed by atoms with van der Waals surface area (Å²) in [7, 11) is 0. The van der Waals surface area contributed by atoms with Gasteiger partial charge < -0.3 is 10.7 Å². The van der Waals surface area contributed by atoms with Crippen molar-refractivity contribution in [3.63, 3.8) is 0 Å². The largest absolute Gasteiger partial charge is 0.364 e. The fraction of sp³-hybridized carbons (Fsp3) is 0.571. The molecule has 2 nitrogen and oxygen atoms in total. The van der Waals surface area contributed by atoms with E-state index in [0.717, 1.165) is 13.0 Å². The van der Waals surface area contributed by atoms with Gasteiger partial charge in [0.05, 0.1) is 0 Å². The predicted octanol–water partition coefficient (Wildman–Crippen LogP) is 3.22. The molecule has 0 aliphatic carbocycles. The lowest BCUT2D eigenvalue weighted by Crippen LogP contribution is -2.18. The Bertz CT molecular complexity index is 332. The summed E-state index contributed by atoms with van der Waals surface area (Å²) in [6.07, 6.45) is 7.54. The lowest BCUT2D eigenvalue weighted by Gasteiger charge is -2.24. The summed E-state index contributed by atoms with van der Waals surface area (Å²) in [6.45, 7) is 9.62. The van der Waals surface area contributed by atoms with Gasteiger partial charge in [-0.15, -0.1) is 0 Å². The van der Waals surface area contributed by atoms with E-state index < -0.39 is 0 Å². The summed E-state index contributed by atoms with van der Waals surface area (Å²) in [5.41, 5.74) is 7.08. The van der Waals surface area contributed by atoms with E-state index >= 15 is 0 Å². The molecular weight excluding hydrogens is 196 g/mol. The molecule has 0 aliphatic heterocycles. The lowest BCUT2D eigenvalue weighted by atomic mass is 9.82. The van der Waals surface area contributed by atoms with Crippen LogP contribution in [0.2, 0.25) is 0 Å². The first kappa shape index (κ1) is 13.0. The Morgan fingerprint density at radius 1 is 1.25 bits per heavy atom. The summed E-state index contributed by atoms with van der Waals surface area (Å²) < 4.78 is 0. The molecule has 1 rings (SSSR count). The zero-order valence-corrected chi connectivity index (χ0v) is 10.9. The maximum absolute atomic E-state index is 5.61. The summed E-state index contributed by atoms with van der Waals surface area (Å²) in [6, 6.07) is 4.16. The second kappa shape index (κ2) is 4.88. The minimum Gasteiger partial charge on any atom is -0.364 e. The van der Waals surface area contributed by atoms with Gasteiger partial charge >= 0.3 is 0 Å². The molecule has 3 N–H and O–H groups in total. The van der Waals surface area contributed by atoms with Crippen LogP contribution in [-0.4, -0.2) is 11.5 Å². The van der Waals surface area contributed by atoms with Crippen molar-refractivity contribution in [2.45, 2.75) is 39.5 Å². The number of aromatic amines is 1. The normalized spacial score (nSPS) is 13.6. The number of hydrogen-bond donors (Lipinski definition) is 2. The minimum absolute atomic E-state index is 0.0510. The third-order valence-electron chi connectivity index (χ3n) is 3.03. The smallest absolute Gasteiger partial charge is 0.0242 e. The van der Waals surface area contributed by atoms with Gasteiger partial charge in [-0.25, -0.2) is 0 Å². The first-order valence-corrected chi connectivity index (χ1v) is 5.92. The number of hydrogen-bond acceptors (Lipinski definition) is 1. The van der Waals surface area contributed by atoms with E-state index in [0.29, 0.717) is 0 Å². The molecule has 0 fully saturated rings. The van der Waals surface area contributed by atoms with Crippen LogP contribution in [0.15, 0.2) is 30.5 Å². The van der Waals surface area contributed by atoms with Crippen molar-refractivity contribution in [1.29, 1.82) is 0 Å². The van der Waals surface area contributed by atoms with E-state index in [-0.39, 0.29) is 10.8 Å². The van der Waals surface area contributed by atoms with Gasteiger partial charge in [0.1, 0.15) is 0 Å². The van der Waals surface area contributed by atoms with Crippen LogP contribution in [0.4, 0.5) is 0 Å². The molecule has 0 unspecified atom stereocenters. The van der Waals surface area contributed by atoms with E-state index in [1.54, 1.807) is 0 Å². The van der Waals surface area contributed by atoms with Gasteiger partial charge in [-0.3, -0.25) is 0 Å². The van der Waals surface area contributed by atoms with Crippen molar-refractivity contribution in [2.75, 3.05) is 6.54 Å². The van der Waals surface area contributed by atoms with Crippen LogP contribution in [-0.2, 0) is 5.41 Å². The standard InChI is InChI=1S/C14H24N2/c1-13(2,9-10-15)7-8-14(3,4)12-6-5-11-16-12/h5-8,11,16H,9-10,15H2,1-4H3/b8-7+. The number of aromatic nitrogens is 1. The second-order valence-electron chi connectivity index (χ2n) is 5.67. The van der Waals surface area contributed by atoms with Crippen LogP contribution < -0.4 is 5.73 Å². The highest BCUT2D eigenvalue weighted by Gasteiger charge is 2.20. The average molecular weight is 220 g/mol. The number of H-pyrrole nitrogens is 1. The molecule has 0 saturated carbocycles. The van der Waals surface area contributed by atoms with Crippen LogP contribution in [0.5, 0.6) is 0 Å². The monoisotopic (exact) mass is 220 g/mol. The molecule has 1 aromatic rings. The highest BCUT2D eigenvalue weighted by Crippen LogP contribution is 2.28. The maximum atomic E-state index is 5.61. The van der Waals surface area contributed by atoms with E-state index in [4.69, 9.17) is 5.73 Å². The van der Waals surface area contributed by atoms with Crippen molar-refractivity contribution >= 4 is 0 Å². The van der Waals surface area contributed by atoms with Gasteiger partial charge in [-0.2, -0.15) is 0 Å². The van der Waals surface area contributed by atoms with Crippen molar-refractivity contribution < 1.29 is 0 Å². The molecule has 0 atom stereocenters. The molecule has 0 aromatic carbocycles. The first-order chi connectivity index (χ1) is 7.37. The zero-order chi connectivity index (χ0) is 12.2.